The van der Waals surface area contributed by atoms with Crippen molar-refractivity contribution in [3.05, 3.63) is 12.7 Å². The zero-order valence-corrected chi connectivity index (χ0v) is 7.37. The van der Waals surface area contributed by atoms with Crippen LogP contribution in [0.3, 0.4) is 0 Å². The normalized spacial score (nSPS) is 16.8. The molecule has 0 N–H and O–H groups in total. The summed E-state index contributed by atoms with van der Waals surface area (Å²) in [6, 6.07) is 0. The number of hydrogen-bond donors (Lipinski definition) is 0. The van der Waals surface area contributed by atoms with Crippen molar-refractivity contribution in [2.45, 2.75) is 25.5 Å². The van der Waals surface area contributed by atoms with Crippen molar-refractivity contribution >= 4 is 11.8 Å². The highest BCUT2D eigenvalue weighted by Gasteiger charge is 2.07. The van der Waals surface area contributed by atoms with Crippen LogP contribution in [0.1, 0.15) is 20.3 Å². The minimum atomic E-state index is 0.767. The Bertz CT molecular complexity index is 78.6. The van der Waals surface area contributed by atoms with Crippen LogP contribution in [0.25, 0.3) is 0 Å². The Labute approximate surface area is 62.7 Å². The molecule has 54 valence electrons. The smallest absolute Gasteiger partial charge is 0.00445 e. The third kappa shape index (κ3) is 3.63. The van der Waals surface area contributed by atoms with Gasteiger partial charge in [0.05, 0.1) is 0 Å². The van der Waals surface area contributed by atoms with E-state index < -0.39 is 0 Å². The molecule has 0 aromatic heterocycles. The summed E-state index contributed by atoms with van der Waals surface area (Å²) < 4.78 is 0. The lowest BCUT2D eigenvalue weighted by Crippen LogP contribution is -2.07. The zero-order chi connectivity index (χ0) is 7.28. The third-order valence-corrected chi connectivity index (χ3v) is 2.92. The summed E-state index contributed by atoms with van der Waals surface area (Å²) in [5, 5.41) is 0.767. The molecule has 0 fully saturated rings. The predicted octanol–water partition coefficient (Wildman–Crippen LogP) is 2.95. The van der Waals surface area contributed by atoms with Crippen molar-refractivity contribution in [1.29, 1.82) is 0 Å². The maximum absolute atomic E-state index is 3.71. The molecule has 0 heterocycles. The predicted molar refractivity (Wildman–Crippen MR) is 47.0 cm³/mol. The van der Waals surface area contributed by atoms with Gasteiger partial charge in [0, 0.05) is 5.25 Å². The van der Waals surface area contributed by atoms with E-state index >= 15 is 0 Å². The van der Waals surface area contributed by atoms with E-state index in [2.05, 4.69) is 26.7 Å². The first-order chi connectivity index (χ1) is 4.22. The van der Waals surface area contributed by atoms with Crippen LogP contribution in [0.15, 0.2) is 12.7 Å². The molecule has 0 unspecified atom stereocenters. The first-order valence-electron chi connectivity index (χ1n) is 3.36. The van der Waals surface area contributed by atoms with Gasteiger partial charge in [-0.3, -0.25) is 0 Å². The molecule has 0 saturated carbocycles. The van der Waals surface area contributed by atoms with E-state index in [0.29, 0.717) is 0 Å². The van der Waals surface area contributed by atoms with Gasteiger partial charge in [-0.2, -0.15) is 11.8 Å². The lowest BCUT2D eigenvalue weighted by Gasteiger charge is -2.14. The average Bonchev–Trinajstić information content (AvgIpc) is 1.87. The second kappa shape index (κ2) is 4.92. The van der Waals surface area contributed by atoms with Crippen LogP contribution in [0.2, 0.25) is 0 Å². The fraction of sp³-hybridized carbons (Fsp3) is 0.750. The van der Waals surface area contributed by atoms with Crippen LogP contribution in [0, 0.1) is 5.92 Å². The topological polar surface area (TPSA) is 0 Å². The molecule has 0 radical (unpaired) electrons. The SMILES string of the molecule is C=CC[C@H](C)[C@@H](C)SC. The van der Waals surface area contributed by atoms with Crippen molar-refractivity contribution in [2.75, 3.05) is 6.26 Å². The largest absolute Gasteiger partial charge is 0.162 e. The zero-order valence-electron chi connectivity index (χ0n) is 6.55. The molecular formula is C8H16S. The first kappa shape index (κ1) is 9.09. The molecule has 0 amide bonds. The molecule has 9 heavy (non-hydrogen) atoms. The van der Waals surface area contributed by atoms with E-state index in [-0.39, 0.29) is 0 Å². The van der Waals surface area contributed by atoms with Crippen molar-refractivity contribution in [2.24, 2.45) is 5.92 Å². The van der Waals surface area contributed by atoms with Crippen LogP contribution in [-0.2, 0) is 0 Å². The summed E-state index contributed by atoms with van der Waals surface area (Å²) >= 11 is 1.93. The quantitative estimate of drug-likeness (QED) is 0.547. The molecule has 0 aliphatic rings. The Morgan fingerprint density at radius 3 is 2.44 bits per heavy atom. The lowest BCUT2D eigenvalue weighted by atomic mass is 10.1. The van der Waals surface area contributed by atoms with E-state index in [0.717, 1.165) is 17.6 Å². The molecule has 2 atom stereocenters. The van der Waals surface area contributed by atoms with E-state index in [4.69, 9.17) is 0 Å². The van der Waals surface area contributed by atoms with Crippen molar-refractivity contribution in [3.63, 3.8) is 0 Å². The Hall–Kier alpha value is 0.0900. The van der Waals surface area contributed by atoms with Gasteiger partial charge < -0.3 is 0 Å². The molecule has 0 spiro atoms. The second-order valence-electron chi connectivity index (χ2n) is 2.44. The van der Waals surface area contributed by atoms with Gasteiger partial charge in [-0.15, -0.1) is 6.58 Å². The lowest BCUT2D eigenvalue weighted by molar-refractivity contribution is 0.588. The fourth-order valence-electron chi connectivity index (χ4n) is 0.687. The highest BCUT2D eigenvalue weighted by Crippen LogP contribution is 2.18. The Morgan fingerprint density at radius 2 is 2.11 bits per heavy atom. The number of hydrogen-bond acceptors (Lipinski definition) is 1. The van der Waals surface area contributed by atoms with Crippen molar-refractivity contribution in [3.8, 4) is 0 Å². The number of allylic oxidation sites excluding steroid dienone is 1. The minimum absolute atomic E-state index is 0.767. The first-order valence-corrected chi connectivity index (χ1v) is 4.64. The minimum Gasteiger partial charge on any atom is -0.162 e. The van der Waals surface area contributed by atoms with E-state index in [1.165, 1.54) is 0 Å². The average molecular weight is 144 g/mol. The monoisotopic (exact) mass is 144 g/mol. The van der Waals surface area contributed by atoms with Gasteiger partial charge in [0.1, 0.15) is 0 Å². The van der Waals surface area contributed by atoms with E-state index in [1.807, 2.05) is 17.8 Å². The number of rotatable bonds is 4. The fourth-order valence-corrected chi connectivity index (χ4v) is 1.26. The van der Waals surface area contributed by atoms with Crippen molar-refractivity contribution < 1.29 is 0 Å². The van der Waals surface area contributed by atoms with Gasteiger partial charge >= 0.3 is 0 Å². The van der Waals surface area contributed by atoms with Crippen LogP contribution in [0.4, 0.5) is 0 Å². The molecule has 0 aromatic carbocycles. The highest BCUT2D eigenvalue weighted by atomic mass is 32.2. The van der Waals surface area contributed by atoms with Crippen LogP contribution >= 0.6 is 11.8 Å². The van der Waals surface area contributed by atoms with Crippen LogP contribution in [-0.4, -0.2) is 11.5 Å². The molecule has 0 aromatic rings. The molecule has 0 aliphatic heterocycles. The summed E-state index contributed by atoms with van der Waals surface area (Å²) in [6.45, 7) is 8.24. The summed E-state index contributed by atoms with van der Waals surface area (Å²) in [5.41, 5.74) is 0. The molecule has 0 rings (SSSR count). The molecule has 1 heteroatoms. The van der Waals surface area contributed by atoms with Crippen molar-refractivity contribution in [1.82, 2.24) is 0 Å². The van der Waals surface area contributed by atoms with Gasteiger partial charge in [-0.05, 0) is 18.6 Å². The second-order valence-corrected chi connectivity index (χ2v) is 3.66. The van der Waals surface area contributed by atoms with E-state index in [1.54, 1.807) is 0 Å². The molecule has 0 bridgehead atoms. The Balaban J connectivity index is 3.44. The van der Waals surface area contributed by atoms with Gasteiger partial charge in [-0.25, -0.2) is 0 Å². The van der Waals surface area contributed by atoms with Crippen LogP contribution < -0.4 is 0 Å². The molecular weight excluding hydrogens is 128 g/mol. The highest BCUT2D eigenvalue weighted by molar-refractivity contribution is 7.99. The molecule has 0 aliphatic carbocycles. The third-order valence-electron chi connectivity index (χ3n) is 1.71. The standard InChI is InChI=1S/C8H16S/c1-5-6-7(2)8(3)9-4/h5,7-8H,1,6H2,2-4H3/t7-,8+/m0/s1. The maximum atomic E-state index is 3.71. The van der Waals surface area contributed by atoms with Gasteiger partial charge in [0.25, 0.3) is 0 Å². The Kier molecular flexibility index (Phi) is 4.97. The number of thioether (sulfide) groups is 1. The molecule has 0 saturated heterocycles. The summed E-state index contributed by atoms with van der Waals surface area (Å²) in [6.07, 6.45) is 5.30. The molecule has 0 nitrogen and oxygen atoms in total. The Morgan fingerprint density at radius 1 is 1.56 bits per heavy atom. The van der Waals surface area contributed by atoms with Crippen LogP contribution in [0.5, 0.6) is 0 Å². The van der Waals surface area contributed by atoms with Gasteiger partial charge in [-0.1, -0.05) is 19.9 Å². The maximum Gasteiger partial charge on any atom is 0.00445 e. The van der Waals surface area contributed by atoms with E-state index in [9.17, 15) is 0 Å². The summed E-state index contributed by atoms with van der Waals surface area (Å²) in [4.78, 5) is 0. The van der Waals surface area contributed by atoms with Gasteiger partial charge in [0.2, 0.25) is 0 Å². The van der Waals surface area contributed by atoms with Gasteiger partial charge in [0.15, 0.2) is 0 Å². The summed E-state index contributed by atoms with van der Waals surface area (Å²) in [7, 11) is 0. The summed E-state index contributed by atoms with van der Waals surface area (Å²) in [5.74, 6) is 0.775.